The molecule has 0 aromatic carbocycles. The fraction of sp³-hybridized carbons (Fsp3) is 0.917. The molecule has 1 heterocycles. The number of ether oxygens (including phenoxy) is 1. The van der Waals surface area contributed by atoms with Crippen LogP contribution in [0.5, 0.6) is 0 Å². The number of methoxy groups -OCH3 is 1. The van der Waals surface area contributed by atoms with Gasteiger partial charge in [0.25, 0.3) is 0 Å². The van der Waals surface area contributed by atoms with E-state index in [0.29, 0.717) is 18.9 Å². The van der Waals surface area contributed by atoms with Crippen molar-refractivity contribution < 1.29 is 9.53 Å². The molecule has 0 bridgehead atoms. The minimum atomic E-state index is -0.274. The molecule has 1 fully saturated rings. The van der Waals surface area contributed by atoms with Gasteiger partial charge in [-0.3, -0.25) is 4.79 Å². The highest BCUT2D eigenvalue weighted by atomic mass is 16.5. The number of nitrogens with one attached hydrogen (secondary N) is 2. The molecule has 2 N–H and O–H groups in total. The average Bonchev–Trinajstić information content (AvgIpc) is 2.28. The lowest BCUT2D eigenvalue weighted by Gasteiger charge is -2.25. The summed E-state index contributed by atoms with van der Waals surface area (Å²) in [5.74, 6) is 0.698. The van der Waals surface area contributed by atoms with E-state index >= 15 is 0 Å². The predicted molar refractivity (Wildman–Crippen MR) is 64.3 cm³/mol. The maximum atomic E-state index is 11.7. The van der Waals surface area contributed by atoms with Gasteiger partial charge in [0.05, 0.1) is 5.60 Å². The van der Waals surface area contributed by atoms with Crippen LogP contribution in [0.4, 0.5) is 0 Å². The van der Waals surface area contributed by atoms with Crippen LogP contribution in [0.25, 0.3) is 0 Å². The molecule has 0 radical (unpaired) electrons. The van der Waals surface area contributed by atoms with Gasteiger partial charge in [0.1, 0.15) is 0 Å². The molecule has 0 aromatic heterocycles. The van der Waals surface area contributed by atoms with E-state index in [2.05, 4.69) is 10.6 Å². The van der Waals surface area contributed by atoms with Crippen molar-refractivity contribution >= 4 is 5.91 Å². The minimum Gasteiger partial charge on any atom is -0.377 e. The third kappa shape index (κ3) is 4.94. The molecule has 0 aromatic rings. The molecule has 1 amide bonds. The summed E-state index contributed by atoms with van der Waals surface area (Å²) in [6.07, 6.45) is 2.88. The molecule has 0 aliphatic carbocycles. The first-order valence-corrected chi connectivity index (χ1v) is 6.06. The van der Waals surface area contributed by atoms with Crippen molar-refractivity contribution in [3.05, 3.63) is 0 Å². The molecule has 1 aliphatic heterocycles. The zero-order valence-electron chi connectivity index (χ0n) is 10.6. The summed E-state index contributed by atoms with van der Waals surface area (Å²) < 4.78 is 5.25. The number of carbonyl (C=O) groups excluding carboxylic acids is 1. The number of carbonyl (C=O) groups is 1. The first kappa shape index (κ1) is 13.5. The molecule has 4 nitrogen and oxygen atoms in total. The largest absolute Gasteiger partial charge is 0.377 e. The Kier molecular flexibility index (Phi) is 5.22. The van der Waals surface area contributed by atoms with E-state index < -0.39 is 0 Å². The minimum absolute atomic E-state index is 0.150. The second-order valence-electron chi connectivity index (χ2n) is 5.14. The third-order valence-corrected chi connectivity index (χ3v) is 3.20. The fourth-order valence-electron chi connectivity index (χ4n) is 1.80. The van der Waals surface area contributed by atoms with E-state index in [9.17, 15) is 4.79 Å². The lowest BCUT2D eigenvalue weighted by molar-refractivity contribution is -0.123. The van der Waals surface area contributed by atoms with Crippen LogP contribution in [-0.4, -0.2) is 38.3 Å². The fourth-order valence-corrected chi connectivity index (χ4v) is 1.80. The van der Waals surface area contributed by atoms with Crippen molar-refractivity contribution in [1.82, 2.24) is 10.6 Å². The number of rotatable bonds is 5. The Labute approximate surface area is 98.1 Å². The molecule has 0 atom stereocenters. The van der Waals surface area contributed by atoms with Gasteiger partial charge in [-0.2, -0.15) is 0 Å². The number of amides is 1. The van der Waals surface area contributed by atoms with Gasteiger partial charge >= 0.3 is 0 Å². The van der Waals surface area contributed by atoms with Crippen LogP contribution in [0.3, 0.4) is 0 Å². The molecule has 16 heavy (non-hydrogen) atoms. The van der Waals surface area contributed by atoms with Crippen LogP contribution in [0.15, 0.2) is 0 Å². The molecule has 0 unspecified atom stereocenters. The SMILES string of the molecule is COC(C)(C)CNC(=O)CC1CCNCC1. The topological polar surface area (TPSA) is 50.4 Å². The second-order valence-corrected chi connectivity index (χ2v) is 5.14. The summed E-state index contributed by atoms with van der Waals surface area (Å²) in [6.45, 7) is 6.60. The zero-order chi connectivity index (χ0) is 12.0. The Hall–Kier alpha value is -0.610. The molecular formula is C12H24N2O2. The summed E-state index contributed by atoms with van der Waals surface area (Å²) in [5.41, 5.74) is -0.274. The van der Waals surface area contributed by atoms with Crippen molar-refractivity contribution in [1.29, 1.82) is 0 Å². The van der Waals surface area contributed by atoms with Gasteiger partial charge in [-0.25, -0.2) is 0 Å². The van der Waals surface area contributed by atoms with Crippen molar-refractivity contribution in [3.63, 3.8) is 0 Å². The zero-order valence-corrected chi connectivity index (χ0v) is 10.6. The highest BCUT2D eigenvalue weighted by molar-refractivity contribution is 5.76. The van der Waals surface area contributed by atoms with E-state index in [1.165, 1.54) is 0 Å². The van der Waals surface area contributed by atoms with Gasteiger partial charge in [-0.15, -0.1) is 0 Å². The normalized spacial score (nSPS) is 18.4. The van der Waals surface area contributed by atoms with Crippen LogP contribution in [0.2, 0.25) is 0 Å². The van der Waals surface area contributed by atoms with E-state index in [-0.39, 0.29) is 11.5 Å². The lowest BCUT2D eigenvalue weighted by Crippen LogP contribution is -2.40. The van der Waals surface area contributed by atoms with Crippen molar-refractivity contribution in [3.8, 4) is 0 Å². The summed E-state index contributed by atoms with van der Waals surface area (Å²) in [7, 11) is 1.67. The van der Waals surface area contributed by atoms with E-state index in [1.54, 1.807) is 7.11 Å². The Balaban J connectivity index is 2.19. The van der Waals surface area contributed by atoms with Gasteiger partial charge < -0.3 is 15.4 Å². The van der Waals surface area contributed by atoms with Crippen LogP contribution >= 0.6 is 0 Å². The van der Waals surface area contributed by atoms with Crippen LogP contribution in [0.1, 0.15) is 33.1 Å². The van der Waals surface area contributed by atoms with E-state index in [4.69, 9.17) is 4.74 Å². The van der Waals surface area contributed by atoms with Crippen LogP contribution < -0.4 is 10.6 Å². The van der Waals surface area contributed by atoms with Crippen LogP contribution in [-0.2, 0) is 9.53 Å². The predicted octanol–water partition coefficient (Wildman–Crippen LogP) is 0.917. The Bertz CT molecular complexity index is 223. The van der Waals surface area contributed by atoms with E-state index in [1.807, 2.05) is 13.8 Å². The van der Waals surface area contributed by atoms with Gasteiger partial charge in [0.2, 0.25) is 5.91 Å². The van der Waals surface area contributed by atoms with Gasteiger partial charge in [0.15, 0.2) is 0 Å². The lowest BCUT2D eigenvalue weighted by atomic mass is 9.94. The molecule has 0 spiro atoms. The monoisotopic (exact) mass is 228 g/mol. The quantitative estimate of drug-likeness (QED) is 0.735. The Morgan fingerprint density at radius 2 is 2.06 bits per heavy atom. The van der Waals surface area contributed by atoms with Crippen molar-refractivity contribution in [2.75, 3.05) is 26.7 Å². The summed E-state index contributed by atoms with van der Waals surface area (Å²) in [4.78, 5) is 11.7. The smallest absolute Gasteiger partial charge is 0.220 e. The molecule has 1 rings (SSSR count). The van der Waals surface area contributed by atoms with Gasteiger partial charge in [-0.1, -0.05) is 0 Å². The maximum absolute atomic E-state index is 11.7. The van der Waals surface area contributed by atoms with E-state index in [0.717, 1.165) is 25.9 Å². The first-order valence-electron chi connectivity index (χ1n) is 6.06. The second kappa shape index (κ2) is 6.21. The Morgan fingerprint density at radius 1 is 1.44 bits per heavy atom. The Morgan fingerprint density at radius 3 is 2.62 bits per heavy atom. The molecular weight excluding hydrogens is 204 g/mol. The highest BCUT2D eigenvalue weighted by Crippen LogP contribution is 2.15. The van der Waals surface area contributed by atoms with Crippen molar-refractivity contribution in [2.24, 2.45) is 5.92 Å². The summed E-state index contributed by atoms with van der Waals surface area (Å²) >= 11 is 0. The van der Waals surface area contributed by atoms with Crippen molar-refractivity contribution in [2.45, 2.75) is 38.7 Å². The molecule has 1 aliphatic rings. The van der Waals surface area contributed by atoms with Crippen LogP contribution in [0, 0.1) is 5.92 Å². The average molecular weight is 228 g/mol. The summed E-state index contributed by atoms with van der Waals surface area (Å²) in [6, 6.07) is 0. The number of piperidine rings is 1. The first-order chi connectivity index (χ1) is 7.53. The number of hydrogen-bond donors (Lipinski definition) is 2. The molecule has 0 saturated carbocycles. The standard InChI is InChI=1S/C12H24N2O2/c1-12(2,16-3)9-14-11(15)8-10-4-6-13-7-5-10/h10,13H,4-9H2,1-3H3,(H,14,15). The molecule has 4 heteroatoms. The number of hydrogen-bond acceptors (Lipinski definition) is 3. The van der Waals surface area contributed by atoms with Gasteiger partial charge in [-0.05, 0) is 45.7 Å². The maximum Gasteiger partial charge on any atom is 0.220 e. The molecule has 94 valence electrons. The highest BCUT2D eigenvalue weighted by Gasteiger charge is 2.20. The molecule has 1 saturated heterocycles. The summed E-state index contributed by atoms with van der Waals surface area (Å²) in [5, 5.41) is 6.24. The third-order valence-electron chi connectivity index (χ3n) is 3.20. The van der Waals surface area contributed by atoms with Gasteiger partial charge in [0, 0.05) is 20.1 Å².